The molecule has 9 heteroatoms. The summed E-state index contributed by atoms with van der Waals surface area (Å²) in [4.78, 5) is 0. The standard InChI is InChI=1S/C23H27ClN2O6/c24-17-3-1-2-15-16(23-22(30)21(29)20(28)18(12-27)32-23)11-26(19(15)17)10-13-4-6-14(7-5-13)31-9-8-25/h1-7,11,18,20-23,27-30H,8-10,12,25H2/t18-,20-,21+,22-,23+/m1/s1. The Hall–Kier alpha value is -2.17. The average molecular weight is 463 g/mol. The van der Waals surface area contributed by atoms with E-state index < -0.39 is 37.1 Å². The number of fused-ring (bicyclic) bond motifs is 1. The Kier molecular flexibility index (Phi) is 7.02. The third-order valence-corrected chi connectivity index (χ3v) is 6.05. The monoisotopic (exact) mass is 462 g/mol. The van der Waals surface area contributed by atoms with Crippen LogP contribution < -0.4 is 10.5 Å². The third-order valence-electron chi connectivity index (χ3n) is 5.74. The van der Waals surface area contributed by atoms with Crippen molar-refractivity contribution in [3.8, 4) is 5.75 Å². The summed E-state index contributed by atoms with van der Waals surface area (Å²) in [6, 6.07) is 13.1. The Balaban J connectivity index is 1.69. The SMILES string of the molecule is NCCOc1ccc(Cn2cc([C@@H]3O[C@H](CO)[C@@H](O)[C@H](O)[C@H]3O)c3cccc(Cl)c32)cc1. The molecule has 32 heavy (non-hydrogen) atoms. The molecule has 1 saturated heterocycles. The number of aliphatic hydroxyl groups excluding tert-OH is 4. The summed E-state index contributed by atoms with van der Waals surface area (Å²) >= 11 is 6.52. The van der Waals surface area contributed by atoms with Crippen molar-refractivity contribution in [3.05, 3.63) is 64.8 Å². The molecule has 1 aromatic heterocycles. The number of benzene rings is 2. The van der Waals surface area contributed by atoms with Crippen LogP contribution in [-0.2, 0) is 11.3 Å². The Bertz CT molecular complexity index is 1050. The van der Waals surface area contributed by atoms with Crippen LogP contribution in [0.25, 0.3) is 10.9 Å². The van der Waals surface area contributed by atoms with Crippen molar-refractivity contribution in [2.24, 2.45) is 5.73 Å². The molecule has 0 radical (unpaired) electrons. The van der Waals surface area contributed by atoms with Crippen LogP contribution in [0.15, 0.2) is 48.7 Å². The number of nitrogens with two attached hydrogens (primary N) is 1. The minimum Gasteiger partial charge on any atom is -0.492 e. The van der Waals surface area contributed by atoms with E-state index in [2.05, 4.69) is 0 Å². The lowest BCUT2D eigenvalue weighted by molar-refractivity contribution is -0.231. The summed E-state index contributed by atoms with van der Waals surface area (Å²) in [5.41, 5.74) is 7.84. The maximum Gasteiger partial charge on any atom is 0.119 e. The van der Waals surface area contributed by atoms with Gasteiger partial charge in [0.05, 0.1) is 17.1 Å². The van der Waals surface area contributed by atoms with Crippen molar-refractivity contribution >= 4 is 22.5 Å². The molecule has 3 aromatic rings. The van der Waals surface area contributed by atoms with Gasteiger partial charge in [-0.25, -0.2) is 0 Å². The number of ether oxygens (including phenoxy) is 2. The number of para-hydroxylation sites is 1. The number of nitrogens with zero attached hydrogens (tertiary/aromatic N) is 1. The molecule has 6 N–H and O–H groups in total. The van der Waals surface area contributed by atoms with Gasteiger partial charge in [-0.15, -0.1) is 0 Å². The van der Waals surface area contributed by atoms with E-state index in [0.29, 0.717) is 30.3 Å². The Morgan fingerprint density at radius 2 is 1.78 bits per heavy atom. The molecule has 0 amide bonds. The van der Waals surface area contributed by atoms with Crippen LogP contribution >= 0.6 is 11.6 Å². The minimum absolute atomic E-state index is 0.441. The lowest BCUT2D eigenvalue weighted by Crippen LogP contribution is -2.55. The van der Waals surface area contributed by atoms with Crippen molar-refractivity contribution in [2.75, 3.05) is 19.8 Å². The molecule has 5 atom stereocenters. The molecule has 0 spiro atoms. The van der Waals surface area contributed by atoms with Gasteiger partial charge in [-0.2, -0.15) is 0 Å². The van der Waals surface area contributed by atoms with Gasteiger partial charge in [0, 0.05) is 30.2 Å². The van der Waals surface area contributed by atoms with Crippen molar-refractivity contribution < 1.29 is 29.9 Å². The Morgan fingerprint density at radius 3 is 2.47 bits per heavy atom. The first-order valence-electron chi connectivity index (χ1n) is 10.4. The van der Waals surface area contributed by atoms with Crippen molar-refractivity contribution in [3.63, 3.8) is 0 Å². The van der Waals surface area contributed by atoms with E-state index in [4.69, 9.17) is 26.8 Å². The highest BCUT2D eigenvalue weighted by molar-refractivity contribution is 6.35. The highest BCUT2D eigenvalue weighted by Crippen LogP contribution is 2.39. The van der Waals surface area contributed by atoms with Crippen LogP contribution in [0, 0.1) is 0 Å². The summed E-state index contributed by atoms with van der Waals surface area (Å²) < 4.78 is 13.3. The number of aliphatic hydroxyl groups is 4. The fourth-order valence-corrected chi connectivity index (χ4v) is 4.40. The average Bonchev–Trinajstić information content (AvgIpc) is 3.16. The first-order chi connectivity index (χ1) is 15.4. The Labute approximate surface area is 190 Å². The van der Waals surface area contributed by atoms with Crippen molar-refractivity contribution in [1.29, 1.82) is 0 Å². The van der Waals surface area contributed by atoms with E-state index >= 15 is 0 Å². The molecule has 2 aromatic carbocycles. The summed E-state index contributed by atoms with van der Waals surface area (Å²) in [5.74, 6) is 0.733. The molecule has 8 nitrogen and oxygen atoms in total. The maximum atomic E-state index is 10.6. The zero-order valence-electron chi connectivity index (χ0n) is 17.3. The van der Waals surface area contributed by atoms with Gasteiger partial charge in [0.1, 0.15) is 42.9 Å². The second kappa shape index (κ2) is 9.76. The van der Waals surface area contributed by atoms with Crippen LogP contribution in [0.5, 0.6) is 5.75 Å². The summed E-state index contributed by atoms with van der Waals surface area (Å²) in [5, 5.41) is 41.8. The number of halogens is 1. The summed E-state index contributed by atoms with van der Waals surface area (Å²) in [6.07, 6.45) is -4.35. The van der Waals surface area contributed by atoms with Gasteiger partial charge >= 0.3 is 0 Å². The largest absolute Gasteiger partial charge is 0.492 e. The second-order valence-corrected chi connectivity index (χ2v) is 8.29. The van der Waals surface area contributed by atoms with Crippen LogP contribution in [0.1, 0.15) is 17.2 Å². The van der Waals surface area contributed by atoms with E-state index in [-0.39, 0.29) is 0 Å². The lowest BCUT2D eigenvalue weighted by atomic mass is 9.91. The number of aromatic nitrogens is 1. The first-order valence-corrected chi connectivity index (χ1v) is 10.8. The molecule has 0 aliphatic carbocycles. The smallest absolute Gasteiger partial charge is 0.119 e. The summed E-state index contributed by atoms with van der Waals surface area (Å²) in [7, 11) is 0. The van der Waals surface area contributed by atoms with Crippen molar-refractivity contribution in [2.45, 2.75) is 37.1 Å². The first kappa shape index (κ1) is 23.0. The van der Waals surface area contributed by atoms with E-state index in [1.807, 2.05) is 41.1 Å². The summed E-state index contributed by atoms with van der Waals surface area (Å²) in [6.45, 7) is 0.893. The van der Waals surface area contributed by atoms with E-state index in [9.17, 15) is 20.4 Å². The van der Waals surface area contributed by atoms with Gasteiger partial charge in [-0.1, -0.05) is 35.9 Å². The zero-order chi connectivity index (χ0) is 22.8. The number of hydrogen-bond donors (Lipinski definition) is 5. The molecule has 4 rings (SSSR count). The Morgan fingerprint density at radius 1 is 1.03 bits per heavy atom. The molecule has 0 saturated carbocycles. The molecular formula is C23H27ClN2O6. The fourth-order valence-electron chi connectivity index (χ4n) is 4.12. The quantitative estimate of drug-likeness (QED) is 0.356. The predicted molar refractivity (Wildman–Crippen MR) is 120 cm³/mol. The molecule has 172 valence electrons. The molecule has 1 aliphatic heterocycles. The lowest BCUT2D eigenvalue weighted by Gasteiger charge is -2.40. The van der Waals surface area contributed by atoms with E-state index in [0.717, 1.165) is 22.2 Å². The minimum atomic E-state index is -1.45. The second-order valence-electron chi connectivity index (χ2n) is 7.88. The number of rotatable bonds is 7. The van der Waals surface area contributed by atoms with Gasteiger partial charge in [-0.3, -0.25) is 0 Å². The predicted octanol–water partition coefficient (Wildman–Crippen LogP) is 1.20. The van der Waals surface area contributed by atoms with Crippen LogP contribution in [-0.4, -0.2) is 69.2 Å². The van der Waals surface area contributed by atoms with Crippen LogP contribution in [0.3, 0.4) is 0 Å². The molecule has 0 bridgehead atoms. The van der Waals surface area contributed by atoms with E-state index in [1.54, 1.807) is 12.1 Å². The highest BCUT2D eigenvalue weighted by atomic mass is 35.5. The van der Waals surface area contributed by atoms with Gasteiger partial charge in [0.25, 0.3) is 0 Å². The van der Waals surface area contributed by atoms with Crippen LogP contribution in [0.4, 0.5) is 0 Å². The topological polar surface area (TPSA) is 130 Å². The van der Waals surface area contributed by atoms with Gasteiger partial charge < -0.3 is 40.2 Å². The normalized spacial score (nSPS) is 25.9. The van der Waals surface area contributed by atoms with E-state index in [1.165, 1.54) is 0 Å². The molecule has 0 unspecified atom stereocenters. The zero-order valence-corrected chi connectivity index (χ0v) is 18.1. The maximum absolute atomic E-state index is 10.6. The third kappa shape index (κ3) is 4.35. The molecular weight excluding hydrogens is 436 g/mol. The molecule has 1 aliphatic rings. The number of hydrogen-bond acceptors (Lipinski definition) is 7. The van der Waals surface area contributed by atoms with Crippen molar-refractivity contribution in [1.82, 2.24) is 4.57 Å². The fraction of sp³-hybridized carbons (Fsp3) is 0.391. The molecule has 2 heterocycles. The van der Waals surface area contributed by atoms with Gasteiger partial charge in [0.2, 0.25) is 0 Å². The highest BCUT2D eigenvalue weighted by Gasteiger charge is 2.44. The van der Waals surface area contributed by atoms with Gasteiger partial charge in [-0.05, 0) is 23.8 Å². The van der Waals surface area contributed by atoms with Crippen LogP contribution in [0.2, 0.25) is 5.02 Å². The van der Waals surface area contributed by atoms with Gasteiger partial charge in [0.15, 0.2) is 0 Å². The molecule has 1 fully saturated rings.